The molecule has 0 aromatic carbocycles. The average molecular weight is 287 g/mol. The molecule has 0 saturated carbocycles. The number of aromatic nitrogens is 3. The molecule has 0 bridgehead atoms. The number of alkyl halides is 3. The zero-order valence-corrected chi connectivity index (χ0v) is 10.7. The van der Waals surface area contributed by atoms with Gasteiger partial charge in [0.1, 0.15) is 17.4 Å². The smallest absolute Gasteiger partial charge is 0.384 e. The Morgan fingerprint density at radius 2 is 2.00 bits per heavy atom. The fourth-order valence-corrected chi connectivity index (χ4v) is 1.62. The van der Waals surface area contributed by atoms with Crippen molar-refractivity contribution in [2.45, 2.75) is 26.6 Å². The molecule has 0 amide bonds. The molecule has 6 nitrogen and oxygen atoms in total. The van der Waals surface area contributed by atoms with Gasteiger partial charge < -0.3 is 15.6 Å². The lowest BCUT2D eigenvalue weighted by Gasteiger charge is -2.10. The van der Waals surface area contributed by atoms with E-state index in [4.69, 9.17) is 10.3 Å². The van der Waals surface area contributed by atoms with E-state index in [0.29, 0.717) is 11.5 Å². The van der Waals surface area contributed by atoms with Crippen LogP contribution in [-0.2, 0) is 12.7 Å². The van der Waals surface area contributed by atoms with Crippen LogP contribution in [0.2, 0.25) is 0 Å². The molecule has 108 valence electrons. The molecular formula is C11H12F3N5O. The molecule has 0 spiro atoms. The SMILES string of the molecule is Cc1noc(C)c1CNc1cc(N)nc(C(F)(F)F)n1. The van der Waals surface area contributed by atoms with E-state index in [2.05, 4.69) is 20.4 Å². The number of nitrogen functional groups attached to an aromatic ring is 1. The van der Waals surface area contributed by atoms with Gasteiger partial charge in [-0.25, -0.2) is 9.97 Å². The first-order valence-electron chi connectivity index (χ1n) is 5.64. The highest BCUT2D eigenvalue weighted by molar-refractivity contribution is 5.45. The molecule has 0 unspecified atom stereocenters. The fourth-order valence-electron chi connectivity index (χ4n) is 1.62. The van der Waals surface area contributed by atoms with Gasteiger partial charge in [-0.15, -0.1) is 0 Å². The second kappa shape index (κ2) is 4.99. The summed E-state index contributed by atoms with van der Waals surface area (Å²) in [6.45, 7) is 3.68. The second-order valence-corrected chi connectivity index (χ2v) is 4.16. The van der Waals surface area contributed by atoms with Crippen molar-refractivity contribution in [1.29, 1.82) is 0 Å². The number of hydrogen-bond acceptors (Lipinski definition) is 6. The van der Waals surface area contributed by atoms with Crippen molar-refractivity contribution in [3.63, 3.8) is 0 Å². The summed E-state index contributed by atoms with van der Waals surface area (Å²) in [5, 5.41) is 6.50. The Morgan fingerprint density at radius 3 is 2.55 bits per heavy atom. The summed E-state index contributed by atoms with van der Waals surface area (Å²) < 4.78 is 42.6. The van der Waals surface area contributed by atoms with Crippen molar-refractivity contribution in [3.8, 4) is 0 Å². The number of nitrogens with zero attached hydrogens (tertiary/aromatic N) is 3. The first-order valence-corrected chi connectivity index (χ1v) is 5.64. The Bertz CT molecular complexity index is 604. The number of rotatable bonds is 3. The molecule has 20 heavy (non-hydrogen) atoms. The molecule has 3 N–H and O–H groups in total. The zero-order chi connectivity index (χ0) is 14.9. The van der Waals surface area contributed by atoms with E-state index in [0.717, 1.165) is 5.56 Å². The van der Waals surface area contributed by atoms with Crippen LogP contribution in [0.25, 0.3) is 0 Å². The van der Waals surface area contributed by atoms with Crippen LogP contribution in [0.3, 0.4) is 0 Å². The van der Waals surface area contributed by atoms with Gasteiger partial charge in [-0.1, -0.05) is 5.16 Å². The maximum atomic E-state index is 12.6. The molecule has 0 radical (unpaired) electrons. The highest BCUT2D eigenvalue weighted by Gasteiger charge is 2.35. The van der Waals surface area contributed by atoms with Gasteiger partial charge in [0.15, 0.2) is 0 Å². The number of nitrogens with one attached hydrogen (secondary N) is 1. The highest BCUT2D eigenvalue weighted by Crippen LogP contribution is 2.27. The molecule has 2 aromatic heterocycles. The average Bonchev–Trinajstić information content (AvgIpc) is 2.65. The van der Waals surface area contributed by atoms with Crippen molar-refractivity contribution >= 4 is 11.6 Å². The van der Waals surface area contributed by atoms with Crippen molar-refractivity contribution in [2.24, 2.45) is 0 Å². The standard InChI is InChI=1S/C11H12F3N5O/c1-5-7(6(2)20-19-5)4-16-9-3-8(15)17-10(18-9)11(12,13)14/h3H,4H2,1-2H3,(H3,15,16,17,18). The van der Waals surface area contributed by atoms with Crippen LogP contribution in [0.1, 0.15) is 22.8 Å². The first-order chi connectivity index (χ1) is 9.27. The van der Waals surface area contributed by atoms with E-state index in [9.17, 15) is 13.2 Å². The molecular weight excluding hydrogens is 275 g/mol. The van der Waals surface area contributed by atoms with Gasteiger partial charge in [0.05, 0.1) is 5.69 Å². The molecule has 2 heterocycles. The third kappa shape index (κ3) is 2.98. The Morgan fingerprint density at radius 1 is 1.30 bits per heavy atom. The molecule has 0 aliphatic heterocycles. The molecule has 0 aliphatic rings. The Labute approximate surface area is 112 Å². The van der Waals surface area contributed by atoms with Crippen LogP contribution < -0.4 is 11.1 Å². The topological polar surface area (TPSA) is 89.9 Å². The van der Waals surface area contributed by atoms with Gasteiger partial charge in [0.2, 0.25) is 5.82 Å². The van der Waals surface area contributed by atoms with Crippen LogP contribution in [-0.4, -0.2) is 15.1 Å². The summed E-state index contributed by atoms with van der Waals surface area (Å²) in [4.78, 5) is 6.54. The summed E-state index contributed by atoms with van der Waals surface area (Å²) >= 11 is 0. The predicted molar refractivity (Wildman–Crippen MR) is 64.8 cm³/mol. The molecule has 0 atom stereocenters. The minimum absolute atomic E-state index is 0.00942. The third-order valence-corrected chi connectivity index (χ3v) is 2.63. The number of aryl methyl sites for hydroxylation is 2. The molecule has 0 aliphatic carbocycles. The fraction of sp³-hybridized carbons (Fsp3) is 0.364. The van der Waals surface area contributed by atoms with Crippen LogP contribution in [0.4, 0.5) is 24.8 Å². The largest absolute Gasteiger partial charge is 0.451 e. The summed E-state index contributed by atoms with van der Waals surface area (Å²) in [5.74, 6) is -0.953. The van der Waals surface area contributed by atoms with Crippen LogP contribution in [0.15, 0.2) is 10.6 Å². The van der Waals surface area contributed by atoms with Crippen molar-refractivity contribution in [2.75, 3.05) is 11.1 Å². The summed E-state index contributed by atoms with van der Waals surface area (Å²) in [6.07, 6.45) is -4.64. The highest BCUT2D eigenvalue weighted by atomic mass is 19.4. The normalized spacial score (nSPS) is 11.7. The first kappa shape index (κ1) is 14.1. The van der Waals surface area contributed by atoms with E-state index in [1.807, 2.05) is 0 Å². The van der Waals surface area contributed by atoms with E-state index < -0.39 is 12.0 Å². The van der Waals surface area contributed by atoms with Crippen LogP contribution >= 0.6 is 0 Å². The summed E-state index contributed by atoms with van der Waals surface area (Å²) in [7, 11) is 0. The lowest BCUT2D eigenvalue weighted by atomic mass is 10.2. The number of hydrogen-bond donors (Lipinski definition) is 2. The maximum absolute atomic E-state index is 12.6. The van der Waals surface area contributed by atoms with Crippen molar-refractivity contribution in [3.05, 3.63) is 28.9 Å². The maximum Gasteiger partial charge on any atom is 0.451 e. The number of nitrogens with two attached hydrogens (primary N) is 1. The number of anilines is 2. The quantitative estimate of drug-likeness (QED) is 0.900. The van der Waals surface area contributed by atoms with Crippen molar-refractivity contribution < 1.29 is 17.7 Å². The lowest BCUT2D eigenvalue weighted by molar-refractivity contribution is -0.144. The monoisotopic (exact) mass is 287 g/mol. The molecule has 0 saturated heterocycles. The second-order valence-electron chi connectivity index (χ2n) is 4.16. The number of halogens is 3. The predicted octanol–water partition coefficient (Wildman–Crippen LogP) is 2.29. The van der Waals surface area contributed by atoms with Gasteiger partial charge in [-0.3, -0.25) is 0 Å². The van der Waals surface area contributed by atoms with E-state index in [1.54, 1.807) is 13.8 Å². The van der Waals surface area contributed by atoms with Gasteiger partial charge >= 0.3 is 6.18 Å². The Hall–Kier alpha value is -2.32. The Kier molecular flexibility index (Phi) is 3.51. The van der Waals surface area contributed by atoms with Gasteiger partial charge in [-0.2, -0.15) is 13.2 Å². The van der Waals surface area contributed by atoms with Crippen LogP contribution in [0, 0.1) is 13.8 Å². The summed E-state index contributed by atoms with van der Waals surface area (Å²) in [6, 6.07) is 1.23. The Balaban J connectivity index is 2.20. The molecule has 0 fully saturated rings. The van der Waals surface area contributed by atoms with E-state index in [-0.39, 0.29) is 18.2 Å². The van der Waals surface area contributed by atoms with Crippen molar-refractivity contribution in [1.82, 2.24) is 15.1 Å². The molecule has 2 aromatic rings. The minimum atomic E-state index is -4.64. The van der Waals surface area contributed by atoms with E-state index >= 15 is 0 Å². The van der Waals surface area contributed by atoms with E-state index in [1.165, 1.54) is 6.07 Å². The zero-order valence-electron chi connectivity index (χ0n) is 10.7. The van der Waals surface area contributed by atoms with Gasteiger partial charge in [-0.05, 0) is 13.8 Å². The molecule has 2 rings (SSSR count). The third-order valence-electron chi connectivity index (χ3n) is 2.63. The lowest BCUT2D eigenvalue weighted by Crippen LogP contribution is -2.14. The van der Waals surface area contributed by atoms with Crippen LogP contribution in [0.5, 0.6) is 0 Å². The van der Waals surface area contributed by atoms with Gasteiger partial charge in [0, 0.05) is 18.2 Å². The summed E-state index contributed by atoms with van der Waals surface area (Å²) in [5.41, 5.74) is 6.76. The minimum Gasteiger partial charge on any atom is -0.384 e. The molecule has 9 heteroatoms. The van der Waals surface area contributed by atoms with Gasteiger partial charge in [0.25, 0.3) is 0 Å².